The first kappa shape index (κ1) is 9.18. The van der Waals surface area contributed by atoms with Crippen LogP contribution in [-0.2, 0) is 0 Å². The highest BCUT2D eigenvalue weighted by Crippen LogP contribution is 2.35. The molecule has 76 valence electrons. The zero-order valence-corrected chi connectivity index (χ0v) is 8.05. The minimum atomic E-state index is -0.662. The van der Waals surface area contributed by atoms with E-state index in [9.17, 15) is 4.39 Å². The predicted molar refractivity (Wildman–Crippen MR) is 52.3 cm³/mol. The van der Waals surface area contributed by atoms with Crippen molar-refractivity contribution in [2.45, 2.75) is 31.7 Å². The molecule has 0 spiro atoms. The van der Waals surface area contributed by atoms with Crippen LogP contribution in [0.5, 0.6) is 0 Å². The summed E-state index contributed by atoms with van der Waals surface area (Å²) in [5.74, 6) is -0.259. The molecule has 0 amide bonds. The van der Waals surface area contributed by atoms with Gasteiger partial charge in [0, 0.05) is 5.54 Å². The zero-order chi connectivity index (χ0) is 10.2. The van der Waals surface area contributed by atoms with E-state index in [1.165, 1.54) is 12.7 Å². The average molecular weight is 196 g/mol. The van der Waals surface area contributed by atoms with Crippen molar-refractivity contribution >= 4 is 11.5 Å². The molecular weight excluding hydrogens is 183 g/mol. The van der Waals surface area contributed by atoms with Crippen LogP contribution >= 0.6 is 0 Å². The van der Waals surface area contributed by atoms with Gasteiger partial charge in [-0.15, -0.1) is 0 Å². The van der Waals surface area contributed by atoms with Crippen molar-refractivity contribution in [2.24, 2.45) is 0 Å². The van der Waals surface area contributed by atoms with Crippen LogP contribution in [0.1, 0.15) is 26.2 Å². The molecule has 1 saturated carbocycles. The van der Waals surface area contributed by atoms with Gasteiger partial charge in [-0.05, 0) is 26.2 Å². The Morgan fingerprint density at radius 3 is 2.79 bits per heavy atom. The van der Waals surface area contributed by atoms with E-state index < -0.39 is 5.95 Å². The van der Waals surface area contributed by atoms with E-state index in [1.807, 2.05) is 0 Å². The highest BCUT2D eigenvalue weighted by molar-refractivity contribution is 5.61. The molecule has 1 heterocycles. The van der Waals surface area contributed by atoms with Gasteiger partial charge in [0.25, 0.3) is 0 Å². The first-order chi connectivity index (χ1) is 6.61. The molecule has 14 heavy (non-hydrogen) atoms. The monoisotopic (exact) mass is 196 g/mol. The van der Waals surface area contributed by atoms with Gasteiger partial charge in [0.05, 0.1) is 0 Å². The fourth-order valence-corrected chi connectivity index (χ4v) is 1.59. The molecule has 5 heteroatoms. The van der Waals surface area contributed by atoms with E-state index in [-0.39, 0.29) is 11.2 Å². The van der Waals surface area contributed by atoms with Crippen LogP contribution in [0, 0.1) is 5.95 Å². The van der Waals surface area contributed by atoms with Gasteiger partial charge < -0.3 is 11.1 Å². The quantitative estimate of drug-likeness (QED) is 0.704. The number of hydrogen-bond acceptors (Lipinski definition) is 4. The maximum atomic E-state index is 13.0. The Hall–Kier alpha value is -1.39. The second kappa shape index (κ2) is 3.08. The summed E-state index contributed by atoms with van der Waals surface area (Å²) >= 11 is 0. The zero-order valence-electron chi connectivity index (χ0n) is 8.05. The molecule has 1 aliphatic carbocycles. The lowest BCUT2D eigenvalue weighted by Crippen LogP contribution is -2.42. The van der Waals surface area contributed by atoms with Crippen LogP contribution in [0.25, 0.3) is 0 Å². The smallest absolute Gasteiger partial charge is 0.241 e. The summed E-state index contributed by atoms with van der Waals surface area (Å²) in [6.45, 7) is 2.08. The van der Waals surface area contributed by atoms with Crippen LogP contribution in [0.2, 0.25) is 0 Å². The SMILES string of the molecule is CC1(Nc2ncnc(F)c2N)CCC1. The van der Waals surface area contributed by atoms with Crippen LogP contribution < -0.4 is 11.1 Å². The highest BCUT2D eigenvalue weighted by Gasteiger charge is 2.32. The molecule has 1 aromatic heterocycles. The molecule has 0 aromatic carbocycles. The lowest BCUT2D eigenvalue weighted by atomic mass is 9.78. The molecular formula is C9H13FN4. The number of halogens is 1. The Kier molecular flexibility index (Phi) is 2.02. The van der Waals surface area contributed by atoms with E-state index >= 15 is 0 Å². The number of aromatic nitrogens is 2. The lowest BCUT2D eigenvalue weighted by Gasteiger charge is -2.39. The van der Waals surface area contributed by atoms with Crippen LogP contribution in [0.4, 0.5) is 15.9 Å². The second-order valence-electron chi connectivity index (χ2n) is 3.97. The predicted octanol–water partition coefficient (Wildman–Crippen LogP) is 1.55. The largest absolute Gasteiger partial charge is 0.392 e. The fraction of sp³-hybridized carbons (Fsp3) is 0.556. The van der Waals surface area contributed by atoms with Crippen molar-refractivity contribution in [1.29, 1.82) is 0 Å². The van der Waals surface area contributed by atoms with Crippen molar-refractivity contribution < 1.29 is 4.39 Å². The summed E-state index contributed by atoms with van der Waals surface area (Å²) in [5.41, 5.74) is 5.53. The van der Waals surface area contributed by atoms with Gasteiger partial charge in [-0.3, -0.25) is 0 Å². The maximum Gasteiger partial charge on any atom is 0.241 e. The molecule has 1 aromatic rings. The molecule has 0 atom stereocenters. The van der Waals surface area contributed by atoms with Crippen LogP contribution in [0.3, 0.4) is 0 Å². The first-order valence-corrected chi connectivity index (χ1v) is 4.65. The Bertz CT molecular complexity index is 349. The molecule has 0 aliphatic heterocycles. The summed E-state index contributed by atoms with van der Waals surface area (Å²) in [7, 11) is 0. The number of nitrogens with one attached hydrogen (secondary N) is 1. The Morgan fingerprint density at radius 1 is 1.50 bits per heavy atom. The number of rotatable bonds is 2. The number of nitrogens with zero attached hydrogens (tertiary/aromatic N) is 2. The molecule has 1 fully saturated rings. The molecule has 0 unspecified atom stereocenters. The van der Waals surface area contributed by atoms with Gasteiger partial charge >= 0.3 is 0 Å². The third-order valence-electron chi connectivity index (χ3n) is 2.71. The van der Waals surface area contributed by atoms with E-state index in [1.54, 1.807) is 0 Å². The standard InChI is InChI=1S/C9H13FN4/c1-9(3-2-4-9)14-8-6(11)7(10)12-5-13-8/h5H,2-4,11H2,1H3,(H,12,13,14). The minimum absolute atomic E-state index is 0.000579. The summed E-state index contributed by atoms with van der Waals surface area (Å²) in [5, 5.41) is 3.15. The number of nitrogens with two attached hydrogens (primary N) is 1. The fourth-order valence-electron chi connectivity index (χ4n) is 1.59. The maximum absolute atomic E-state index is 13.0. The molecule has 2 rings (SSSR count). The van der Waals surface area contributed by atoms with Crippen LogP contribution in [-0.4, -0.2) is 15.5 Å². The molecule has 0 saturated heterocycles. The van der Waals surface area contributed by atoms with Gasteiger partial charge in [-0.25, -0.2) is 9.97 Å². The third-order valence-corrected chi connectivity index (χ3v) is 2.71. The van der Waals surface area contributed by atoms with Crippen LogP contribution in [0.15, 0.2) is 6.33 Å². The van der Waals surface area contributed by atoms with E-state index in [2.05, 4.69) is 22.2 Å². The second-order valence-corrected chi connectivity index (χ2v) is 3.97. The summed E-state index contributed by atoms with van der Waals surface area (Å²) in [6.07, 6.45) is 4.50. The molecule has 3 N–H and O–H groups in total. The summed E-state index contributed by atoms with van der Waals surface area (Å²) in [6, 6.07) is 0. The van der Waals surface area contributed by atoms with Crippen molar-refractivity contribution in [2.75, 3.05) is 11.1 Å². The van der Waals surface area contributed by atoms with Crippen molar-refractivity contribution in [3.63, 3.8) is 0 Å². The van der Waals surface area contributed by atoms with Crippen molar-refractivity contribution in [1.82, 2.24) is 9.97 Å². The summed E-state index contributed by atoms with van der Waals surface area (Å²) < 4.78 is 13.0. The van der Waals surface area contributed by atoms with Gasteiger partial charge in [0.2, 0.25) is 5.95 Å². The molecule has 0 bridgehead atoms. The lowest BCUT2D eigenvalue weighted by molar-refractivity contribution is 0.305. The van der Waals surface area contributed by atoms with Gasteiger partial charge in [0.1, 0.15) is 12.0 Å². The highest BCUT2D eigenvalue weighted by atomic mass is 19.1. The van der Waals surface area contributed by atoms with Gasteiger partial charge in [-0.2, -0.15) is 4.39 Å². The topological polar surface area (TPSA) is 63.8 Å². The van der Waals surface area contributed by atoms with E-state index in [0.29, 0.717) is 5.82 Å². The molecule has 4 nitrogen and oxygen atoms in total. The summed E-state index contributed by atoms with van der Waals surface area (Å²) in [4.78, 5) is 7.29. The Morgan fingerprint density at radius 2 is 2.21 bits per heavy atom. The minimum Gasteiger partial charge on any atom is -0.392 e. The number of anilines is 2. The number of nitrogen functional groups attached to an aromatic ring is 1. The number of hydrogen-bond donors (Lipinski definition) is 2. The normalized spacial score (nSPS) is 18.7. The van der Waals surface area contributed by atoms with Crippen molar-refractivity contribution in [3.8, 4) is 0 Å². The Balaban J connectivity index is 2.20. The average Bonchev–Trinajstić information content (AvgIpc) is 2.10. The third kappa shape index (κ3) is 1.49. The van der Waals surface area contributed by atoms with Gasteiger partial charge in [-0.1, -0.05) is 0 Å². The van der Waals surface area contributed by atoms with Gasteiger partial charge in [0.15, 0.2) is 5.82 Å². The first-order valence-electron chi connectivity index (χ1n) is 4.65. The molecule has 1 aliphatic rings. The van der Waals surface area contributed by atoms with E-state index in [4.69, 9.17) is 5.73 Å². The van der Waals surface area contributed by atoms with E-state index in [0.717, 1.165) is 12.8 Å². The van der Waals surface area contributed by atoms with Crippen molar-refractivity contribution in [3.05, 3.63) is 12.3 Å². The Labute approximate surface area is 81.7 Å². The molecule has 0 radical (unpaired) electrons.